The van der Waals surface area contributed by atoms with E-state index in [1.807, 2.05) is 47.6 Å². The number of ether oxygens (including phenoxy) is 2. The molecule has 0 saturated heterocycles. The van der Waals surface area contributed by atoms with Gasteiger partial charge in [-0.1, -0.05) is 20.8 Å². The maximum atomic E-state index is 12.4. The molecule has 1 unspecified atom stereocenters. The lowest BCUT2D eigenvalue weighted by Gasteiger charge is -2.36. The summed E-state index contributed by atoms with van der Waals surface area (Å²) >= 11 is 0. The van der Waals surface area contributed by atoms with Crippen molar-refractivity contribution in [2.45, 2.75) is 89.7 Å². The van der Waals surface area contributed by atoms with E-state index in [0.29, 0.717) is 47.0 Å². The van der Waals surface area contributed by atoms with Gasteiger partial charge in [-0.25, -0.2) is 24.0 Å². The Morgan fingerprint density at radius 1 is 1.23 bits per heavy atom. The van der Waals surface area contributed by atoms with E-state index >= 15 is 0 Å². The molecular weight excluding hydrogens is 528 g/mol. The molecule has 1 aliphatic heterocycles. The molecular formula is C29H40N6O4S. The highest BCUT2D eigenvalue weighted by atomic mass is 32.2. The predicted octanol–water partition coefficient (Wildman–Crippen LogP) is 5.41. The normalized spacial score (nSPS) is 20.9. The quantitative estimate of drug-likeness (QED) is 0.287. The molecule has 3 aromatic rings. The van der Waals surface area contributed by atoms with Gasteiger partial charge >= 0.3 is 5.97 Å². The third-order valence-electron chi connectivity index (χ3n) is 8.11. The number of anilines is 2. The first-order valence-electron chi connectivity index (χ1n) is 13.5. The number of aromatic nitrogens is 3. The summed E-state index contributed by atoms with van der Waals surface area (Å²) < 4.78 is 31.7. The molecule has 0 saturated carbocycles. The Labute approximate surface area is 236 Å². The number of hydrogen-bond acceptors (Lipinski definition) is 10. The van der Waals surface area contributed by atoms with Crippen molar-refractivity contribution in [3.63, 3.8) is 0 Å². The van der Waals surface area contributed by atoms with Crippen LogP contribution in [0.3, 0.4) is 0 Å². The molecule has 0 aliphatic carbocycles. The molecule has 216 valence electrons. The SMILES string of the molecule is CCC(C)(N)c1cnc(O[C@H](C)C[C@@H](C)[S@](C)(=N)=O)c2cnc(Nc3ccc4c(n3)C(C)(C)[C@H](C)OC4=O)cc12. The Bertz CT molecular complexity index is 1550. The fraction of sp³-hybridized carbons (Fsp3) is 0.517. The maximum absolute atomic E-state index is 12.4. The number of pyridine rings is 3. The smallest absolute Gasteiger partial charge is 0.340 e. The van der Waals surface area contributed by atoms with Gasteiger partial charge in [-0.05, 0) is 69.7 Å². The van der Waals surface area contributed by atoms with Crippen LogP contribution in [0.4, 0.5) is 11.6 Å². The number of fused-ring (bicyclic) bond motifs is 2. The van der Waals surface area contributed by atoms with Crippen molar-refractivity contribution in [1.29, 1.82) is 4.78 Å². The van der Waals surface area contributed by atoms with Crippen LogP contribution in [0, 0.1) is 4.78 Å². The summed E-state index contributed by atoms with van der Waals surface area (Å²) in [6.07, 6.45) is 5.40. The van der Waals surface area contributed by atoms with Crippen LogP contribution in [0.15, 0.2) is 30.6 Å². The van der Waals surface area contributed by atoms with Gasteiger partial charge in [-0.15, -0.1) is 0 Å². The Hall–Kier alpha value is -3.31. The van der Waals surface area contributed by atoms with E-state index in [0.717, 1.165) is 10.9 Å². The number of nitrogens with two attached hydrogens (primary N) is 1. The van der Waals surface area contributed by atoms with Crippen LogP contribution in [0.2, 0.25) is 0 Å². The number of nitrogens with one attached hydrogen (secondary N) is 2. The average molecular weight is 569 g/mol. The van der Waals surface area contributed by atoms with Crippen LogP contribution < -0.4 is 15.8 Å². The van der Waals surface area contributed by atoms with Gasteiger partial charge < -0.3 is 20.5 Å². The van der Waals surface area contributed by atoms with Crippen LogP contribution in [0.5, 0.6) is 5.88 Å². The van der Waals surface area contributed by atoms with Gasteiger partial charge in [0.25, 0.3) is 0 Å². The second-order valence-corrected chi connectivity index (χ2v) is 14.3. The summed E-state index contributed by atoms with van der Waals surface area (Å²) in [7, 11) is -2.69. The van der Waals surface area contributed by atoms with Crippen LogP contribution in [0.1, 0.15) is 82.9 Å². The molecule has 0 bridgehead atoms. The Kier molecular flexibility index (Phi) is 7.85. The van der Waals surface area contributed by atoms with Crippen molar-refractivity contribution in [3.8, 4) is 5.88 Å². The van der Waals surface area contributed by atoms with Crippen molar-refractivity contribution in [3.05, 3.63) is 47.4 Å². The highest BCUT2D eigenvalue weighted by Crippen LogP contribution is 2.37. The van der Waals surface area contributed by atoms with Crippen molar-refractivity contribution in [2.24, 2.45) is 5.73 Å². The van der Waals surface area contributed by atoms with E-state index in [-0.39, 0.29) is 23.4 Å². The molecule has 5 atom stereocenters. The number of carbonyl (C=O) groups excluding carboxylic acids is 1. The van der Waals surface area contributed by atoms with E-state index in [1.165, 1.54) is 6.26 Å². The molecule has 3 aromatic heterocycles. The minimum atomic E-state index is -2.69. The van der Waals surface area contributed by atoms with Crippen LogP contribution in [-0.2, 0) is 25.4 Å². The molecule has 40 heavy (non-hydrogen) atoms. The summed E-state index contributed by atoms with van der Waals surface area (Å²) in [5.74, 6) is 1.14. The first-order chi connectivity index (χ1) is 18.5. The summed E-state index contributed by atoms with van der Waals surface area (Å²) in [5, 5.41) is 4.50. The summed E-state index contributed by atoms with van der Waals surface area (Å²) in [6, 6.07) is 5.37. The zero-order valence-electron chi connectivity index (χ0n) is 24.5. The molecule has 0 spiro atoms. The lowest BCUT2D eigenvalue weighted by Crippen LogP contribution is -2.42. The van der Waals surface area contributed by atoms with Gasteiger partial charge in [0.1, 0.15) is 17.7 Å². The molecule has 1 aliphatic rings. The van der Waals surface area contributed by atoms with Gasteiger partial charge in [-0.3, -0.25) is 4.78 Å². The third-order valence-corrected chi connectivity index (χ3v) is 9.84. The molecule has 11 heteroatoms. The number of esters is 1. The second kappa shape index (κ2) is 10.6. The summed E-state index contributed by atoms with van der Waals surface area (Å²) in [5.41, 5.74) is 7.56. The molecule has 0 amide bonds. The second-order valence-electron chi connectivity index (χ2n) is 11.7. The van der Waals surface area contributed by atoms with E-state index in [1.54, 1.807) is 31.5 Å². The van der Waals surface area contributed by atoms with Crippen molar-refractivity contribution >= 4 is 38.1 Å². The van der Waals surface area contributed by atoms with Crippen LogP contribution in [-0.4, -0.2) is 48.8 Å². The Morgan fingerprint density at radius 2 is 1.93 bits per heavy atom. The number of carbonyl (C=O) groups is 1. The molecule has 0 fully saturated rings. The Morgan fingerprint density at radius 3 is 2.58 bits per heavy atom. The molecule has 4 rings (SSSR count). The first-order valence-corrected chi connectivity index (χ1v) is 15.5. The van der Waals surface area contributed by atoms with Crippen molar-refractivity contribution < 1.29 is 18.5 Å². The average Bonchev–Trinajstić information content (AvgIpc) is 2.87. The van der Waals surface area contributed by atoms with E-state index < -0.39 is 20.7 Å². The van der Waals surface area contributed by atoms with E-state index in [4.69, 9.17) is 25.0 Å². The van der Waals surface area contributed by atoms with Crippen LogP contribution in [0.25, 0.3) is 10.8 Å². The van der Waals surface area contributed by atoms with Gasteiger partial charge in [-0.2, -0.15) is 0 Å². The van der Waals surface area contributed by atoms with Gasteiger partial charge in [0, 0.05) is 44.6 Å². The minimum Gasteiger partial charge on any atom is -0.474 e. The fourth-order valence-electron chi connectivity index (χ4n) is 4.69. The summed E-state index contributed by atoms with van der Waals surface area (Å²) in [6.45, 7) is 13.5. The lowest BCUT2D eigenvalue weighted by molar-refractivity contribution is 0.00864. The fourth-order valence-corrected chi connectivity index (χ4v) is 5.33. The number of hydrogen-bond donors (Lipinski definition) is 3. The number of nitrogens with zero attached hydrogens (tertiary/aromatic N) is 3. The highest BCUT2D eigenvalue weighted by Gasteiger charge is 2.41. The van der Waals surface area contributed by atoms with Gasteiger partial charge in [0.2, 0.25) is 5.88 Å². The van der Waals surface area contributed by atoms with E-state index in [9.17, 15) is 9.00 Å². The minimum absolute atomic E-state index is 0.311. The molecule has 4 N–H and O–H groups in total. The highest BCUT2D eigenvalue weighted by molar-refractivity contribution is 7.92. The van der Waals surface area contributed by atoms with Crippen LogP contribution >= 0.6 is 0 Å². The maximum Gasteiger partial charge on any atom is 0.340 e. The lowest BCUT2D eigenvalue weighted by atomic mass is 9.79. The van der Waals surface area contributed by atoms with Gasteiger partial charge in [0.05, 0.1) is 22.7 Å². The van der Waals surface area contributed by atoms with Crippen molar-refractivity contribution in [2.75, 3.05) is 11.6 Å². The van der Waals surface area contributed by atoms with E-state index in [2.05, 4.69) is 15.3 Å². The zero-order chi connectivity index (χ0) is 29.6. The zero-order valence-corrected chi connectivity index (χ0v) is 25.3. The standard InChI is InChI=1S/C29H40N6O4S/c1-9-29(7,30)22-15-33-26(38-16(2)12-17(3)40(8,31)37)21-14-32-24(13-20(21)22)34-23-11-10-19-25(35-23)28(5,6)18(4)39-27(19)36/h10-11,13-18,31H,9,12,30H2,1-8H3,(H,32,34,35)/t16-,17-,18+,29?,40-/m1/s1. The molecule has 0 aromatic carbocycles. The number of cyclic esters (lactones) is 1. The number of rotatable bonds is 9. The predicted molar refractivity (Wildman–Crippen MR) is 158 cm³/mol. The first kappa shape index (κ1) is 29.7. The molecule has 4 heterocycles. The molecule has 10 nitrogen and oxygen atoms in total. The van der Waals surface area contributed by atoms with Crippen molar-refractivity contribution in [1.82, 2.24) is 15.0 Å². The Balaban J connectivity index is 1.72. The topological polar surface area (TPSA) is 153 Å². The largest absolute Gasteiger partial charge is 0.474 e. The molecule has 0 radical (unpaired) electrons. The summed E-state index contributed by atoms with van der Waals surface area (Å²) in [4.78, 5) is 26.4. The van der Waals surface area contributed by atoms with Gasteiger partial charge in [0.15, 0.2) is 0 Å². The third kappa shape index (κ3) is 5.76. The monoisotopic (exact) mass is 568 g/mol.